The van der Waals surface area contributed by atoms with E-state index in [9.17, 15) is 13.2 Å². The van der Waals surface area contributed by atoms with Crippen LogP contribution in [0.4, 0.5) is 13.2 Å². The summed E-state index contributed by atoms with van der Waals surface area (Å²) in [4.78, 5) is 2.45. The molecule has 1 heterocycles. The van der Waals surface area contributed by atoms with E-state index in [0.29, 0.717) is 12.1 Å². The number of rotatable bonds is 6. The molecule has 0 saturated carbocycles. The van der Waals surface area contributed by atoms with Gasteiger partial charge in [0, 0.05) is 19.1 Å². The standard InChI is InChI=1S/C20H23F3N2/c21-20(22,23)18-10-6-7-16(13-18)14-24-15-19(25-11-4-5-12-25)17-8-2-1-3-9-17/h1-3,6-10,13,19,24H,4-5,11-12,14-15H2. The molecule has 0 bridgehead atoms. The van der Waals surface area contributed by atoms with Crippen LogP contribution in [0.25, 0.3) is 0 Å². The molecule has 1 aliphatic rings. The minimum absolute atomic E-state index is 0.259. The summed E-state index contributed by atoms with van der Waals surface area (Å²) in [5, 5.41) is 3.35. The molecule has 1 unspecified atom stereocenters. The Morgan fingerprint density at radius 1 is 0.960 bits per heavy atom. The third-order valence-electron chi connectivity index (χ3n) is 4.69. The predicted octanol–water partition coefficient (Wildman–Crippen LogP) is 4.63. The van der Waals surface area contributed by atoms with Crippen LogP contribution in [0.1, 0.15) is 35.6 Å². The first kappa shape index (κ1) is 18.0. The van der Waals surface area contributed by atoms with Crippen LogP contribution in [0.2, 0.25) is 0 Å². The van der Waals surface area contributed by atoms with Gasteiger partial charge in [0.15, 0.2) is 0 Å². The maximum atomic E-state index is 12.8. The van der Waals surface area contributed by atoms with Crippen LogP contribution in [0.15, 0.2) is 54.6 Å². The topological polar surface area (TPSA) is 15.3 Å². The number of alkyl halides is 3. The maximum Gasteiger partial charge on any atom is 0.416 e. The highest BCUT2D eigenvalue weighted by molar-refractivity contribution is 5.26. The zero-order valence-electron chi connectivity index (χ0n) is 14.1. The van der Waals surface area contributed by atoms with Gasteiger partial charge in [-0.05, 0) is 43.1 Å². The Labute approximate surface area is 146 Å². The fourth-order valence-corrected chi connectivity index (χ4v) is 3.40. The summed E-state index contributed by atoms with van der Waals surface area (Å²) >= 11 is 0. The first-order valence-electron chi connectivity index (χ1n) is 8.70. The summed E-state index contributed by atoms with van der Waals surface area (Å²) in [6.07, 6.45) is -1.88. The van der Waals surface area contributed by atoms with E-state index in [2.05, 4.69) is 22.3 Å². The summed E-state index contributed by atoms with van der Waals surface area (Å²) in [7, 11) is 0. The number of nitrogens with zero attached hydrogens (tertiary/aromatic N) is 1. The molecule has 3 rings (SSSR count). The third-order valence-corrected chi connectivity index (χ3v) is 4.69. The monoisotopic (exact) mass is 348 g/mol. The van der Waals surface area contributed by atoms with Crippen molar-refractivity contribution in [3.8, 4) is 0 Å². The van der Waals surface area contributed by atoms with Crippen molar-refractivity contribution in [3.05, 3.63) is 71.3 Å². The largest absolute Gasteiger partial charge is 0.416 e. The van der Waals surface area contributed by atoms with Crippen molar-refractivity contribution in [3.63, 3.8) is 0 Å². The van der Waals surface area contributed by atoms with E-state index in [1.54, 1.807) is 6.07 Å². The Kier molecular flexibility index (Phi) is 5.76. The van der Waals surface area contributed by atoms with Gasteiger partial charge in [0.25, 0.3) is 0 Å². The Hall–Kier alpha value is -1.85. The van der Waals surface area contributed by atoms with Gasteiger partial charge >= 0.3 is 6.18 Å². The fraction of sp³-hybridized carbons (Fsp3) is 0.400. The van der Waals surface area contributed by atoms with Crippen LogP contribution in [0.5, 0.6) is 0 Å². The number of benzene rings is 2. The third kappa shape index (κ3) is 4.83. The highest BCUT2D eigenvalue weighted by atomic mass is 19.4. The number of hydrogen-bond acceptors (Lipinski definition) is 2. The van der Waals surface area contributed by atoms with E-state index in [4.69, 9.17) is 0 Å². The predicted molar refractivity (Wildman–Crippen MR) is 93.1 cm³/mol. The molecule has 5 heteroatoms. The molecule has 134 valence electrons. The molecule has 25 heavy (non-hydrogen) atoms. The lowest BCUT2D eigenvalue weighted by Crippen LogP contribution is -2.34. The summed E-state index contributed by atoms with van der Waals surface area (Å²) < 4.78 is 38.5. The molecule has 0 radical (unpaired) electrons. The van der Waals surface area contributed by atoms with Gasteiger partial charge in [-0.2, -0.15) is 13.2 Å². The van der Waals surface area contributed by atoms with Gasteiger partial charge in [0.2, 0.25) is 0 Å². The van der Waals surface area contributed by atoms with Gasteiger partial charge in [-0.1, -0.05) is 48.5 Å². The molecule has 1 aliphatic heterocycles. The van der Waals surface area contributed by atoms with E-state index >= 15 is 0 Å². The highest BCUT2D eigenvalue weighted by Gasteiger charge is 2.30. The van der Waals surface area contributed by atoms with Crippen LogP contribution in [-0.4, -0.2) is 24.5 Å². The zero-order chi connectivity index (χ0) is 17.7. The summed E-state index contributed by atoms with van der Waals surface area (Å²) in [6.45, 7) is 3.30. The zero-order valence-corrected chi connectivity index (χ0v) is 14.1. The molecular weight excluding hydrogens is 325 g/mol. The molecule has 0 amide bonds. The van der Waals surface area contributed by atoms with E-state index < -0.39 is 11.7 Å². The molecule has 1 atom stereocenters. The number of halogens is 3. The average molecular weight is 348 g/mol. The normalized spacial score (nSPS) is 16.9. The second-order valence-electron chi connectivity index (χ2n) is 6.50. The first-order valence-corrected chi connectivity index (χ1v) is 8.70. The van der Waals surface area contributed by atoms with Crippen molar-refractivity contribution in [1.82, 2.24) is 10.2 Å². The molecule has 0 aromatic heterocycles. The number of likely N-dealkylation sites (tertiary alicyclic amines) is 1. The lowest BCUT2D eigenvalue weighted by atomic mass is 10.1. The molecule has 2 aromatic rings. The van der Waals surface area contributed by atoms with Crippen molar-refractivity contribution in [2.75, 3.05) is 19.6 Å². The first-order chi connectivity index (χ1) is 12.0. The van der Waals surface area contributed by atoms with Crippen LogP contribution < -0.4 is 5.32 Å². The van der Waals surface area contributed by atoms with E-state index in [1.165, 1.54) is 30.5 Å². The summed E-state index contributed by atoms with van der Waals surface area (Å²) in [5.74, 6) is 0. The van der Waals surface area contributed by atoms with E-state index in [-0.39, 0.29) is 6.04 Å². The van der Waals surface area contributed by atoms with Crippen molar-refractivity contribution < 1.29 is 13.2 Å². The van der Waals surface area contributed by atoms with Gasteiger partial charge in [-0.15, -0.1) is 0 Å². The van der Waals surface area contributed by atoms with Crippen molar-refractivity contribution >= 4 is 0 Å². The van der Waals surface area contributed by atoms with Gasteiger partial charge in [-0.25, -0.2) is 0 Å². The van der Waals surface area contributed by atoms with Gasteiger partial charge in [0.1, 0.15) is 0 Å². The Bertz CT molecular complexity index is 664. The minimum atomic E-state index is -4.29. The van der Waals surface area contributed by atoms with Crippen molar-refractivity contribution in [2.45, 2.75) is 31.6 Å². The molecule has 0 aliphatic carbocycles. The van der Waals surface area contributed by atoms with Crippen molar-refractivity contribution in [1.29, 1.82) is 0 Å². The fourth-order valence-electron chi connectivity index (χ4n) is 3.40. The van der Waals surface area contributed by atoms with Crippen LogP contribution >= 0.6 is 0 Å². The molecule has 1 saturated heterocycles. The average Bonchev–Trinajstić information content (AvgIpc) is 3.13. The summed E-state index contributed by atoms with van der Waals surface area (Å²) in [5.41, 5.74) is 1.31. The lowest BCUT2D eigenvalue weighted by molar-refractivity contribution is -0.137. The van der Waals surface area contributed by atoms with Crippen LogP contribution in [0, 0.1) is 0 Å². The Balaban J connectivity index is 1.64. The SMILES string of the molecule is FC(F)(F)c1cccc(CNCC(c2ccccc2)N2CCCC2)c1. The molecule has 1 fully saturated rings. The smallest absolute Gasteiger partial charge is 0.311 e. The summed E-state index contributed by atoms with van der Waals surface area (Å²) in [6, 6.07) is 16.1. The lowest BCUT2D eigenvalue weighted by Gasteiger charge is -2.28. The molecule has 1 N–H and O–H groups in total. The molecule has 2 nitrogen and oxygen atoms in total. The second kappa shape index (κ2) is 8.02. The number of hydrogen-bond donors (Lipinski definition) is 1. The molecule has 2 aromatic carbocycles. The van der Waals surface area contributed by atoms with Crippen LogP contribution in [-0.2, 0) is 12.7 Å². The van der Waals surface area contributed by atoms with Gasteiger partial charge < -0.3 is 5.32 Å². The Morgan fingerprint density at radius 2 is 1.68 bits per heavy atom. The second-order valence-corrected chi connectivity index (χ2v) is 6.50. The Morgan fingerprint density at radius 3 is 2.36 bits per heavy atom. The van der Waals surface area contributed by atoms with E-state index in [1.807, 2.05) is 18.2 Å². The molecular formula is C20H23F3N2. The number of nitrogens with one attached hydrogen (secondary N) is 1. The quantitative estimate of drug-likeness (QED) is 0.819. The minimum Gasteiger partial charge on any atom is -0.311 e. The highest BCUT2D eigenvalue weighted by Crippen LogP contribution is 2.29. The maximum absolute atomic E-state index is 12.8. The van der Waals surface area contributed by atoms with Gasteiger partial charge in [0.05, 0.1) is 5.56 Å². The van der Waals surface area contributed by atoms with Crippen molar-refractivity contribution in [2.24, 2.45) is 0 Å². The van der Waals surface area contributed by atoms with Gasteiger partial charge in [-0.3, -0.25) is 4.90 Å². The van der Waals surface area contributed by atoms with Crippen LogP contribution in [0.3, 0.4) is 0 Å². The van der Waals surface area contributed by atoms with E-state index in [0.717, 1.165) is 25.7 Å². The molecule has 0 spiro atoms.